The Morgan fingerprint density at radius 2 is 2.50 bits per heavy atom. The van der Waals surface area contributed by atoms with E-state index in [2.05, 4.69) is 10.3 Å². The predicted octanol–water partition coefficient (Wildman–Crippen LogP) is -0.253. The average Bonchev–Trinajstić information content (AvgIpc) is 2.30. The normalized spacial score (nSPS) is 22.3. The molecular formula is C10H11N3O3. The monoisotopic (exact) mass is 221 g/mol. The number of carbonyl (C=O) groups excluding carboxylic acids is 2. The molecule has 2 heterocycles. The van der Waals surface area contributed by atoms with Gasteiger partial charge in [0.1, 0.15) is 5.57 Å². The standard InChI is InChI=1S/C10H11N3O3/c1-2-16-9(15)7-6-12-10-11-4-3-5-13(10)8(7)14/h3-6,10,12H,2H2,1H3/t10-/m1/s1. The van der Waals surface area contributed by atoms with E-state index in [1.165, 1.54) is 11.1 Å². The molecule has 0 spiro atoms. The SMILES string of the molecule is CCOC(=O)C1=CN[C@H]2N=CC=CN2C1=O. The molecule has 0 saturated carbocycles. The minimum absolute atomic E-state index is 0.0140. The first-order valence-electron chi connectivity index (χ1n) is 4.90. The van der Waals surface area contributed by atoms with E-state index in [0.29, 0.717) is 0 Å². The van der Waals surface area contributed by atoms with Crippen LogP contribution < -0.4 is 5.32 Å². The van der Waals surface area contributed by atoms with Crippen molar-refractivity contribution in [3.05, 3.63) is 24.0 Å². The number of nitrogens with zero attached hydrogens (tertiary/aromatic N) is 2. The van der Waals surface area contributed by atoms with Crippen LogP contribution in [0.25, 0.3) is 0 Å². The molecule has 0 aromatic carbocycles. The third kappa shape index (κ3) is 1.69. The third-order valence-corrected chi connectivity index (χ3v) is 2.16. The molecule has 0 bridgehead atoms. The average molecular weight is 221 g/mol. The molecule has 6 nitrogen and oxygen atoms in total. The summed E-state index contributed by atoms with van der Waals surface area (Å²) in [6.07, 6.45) is 5.67. The zero-order valence-corrected chi connectivity index (χ0v) is 8.71. The molecule has 16 heavy (non-hydrogen) atoms. The molecule has 1 N–H and O–H groups in total. The molecule has 2 aliphatic heterocycles. The van der Waals surface area contributed by atoms with Crippen molar-refractivity contribution in [2.45, 2.75) is 13.2 Å². The van der Waals surface area contributed by atoms with Gasteiger partial charge in [0, 0.05) is 18.6 Å². The van der Waals surface area contributed by atoms with Crippen molar-refractivity contribution < 1.29 is 14.3 Å². The van der Waals surface area contributed by atoms with Crippen molar-refractivity contribution in [3.8, 4) is 0 Å². The summed E-state index contributed by atoms with van der Waals surface area (Å²) in [5, 5.41) is 2.83. The number of fused-ring (bicyclic) bond motifs is 1. The highest BCUT2D eigenvalue weighted by Gasteiger charge is 2.32. The number of rotatable bonds is 2. The maximum absolute atomic E-state index is 11.9. The number of carbonyl (C=O) groups is 2. The summed E-state index contributed by atoms with van der Waals surface area (Å²) in [7, 11) is 0. The topological polar surface area (TPSA) is 71.0 Å². The number of esters is 1. The Morgan fingerprint density at radius 1 is 1.69 bits per heavy atom. The van der Waals surface area contributed by atoms with Crippen LogP contribution in [0.5, 0.6) is 0 Å². The van der Waals surface area contributed by atoms with Crippen LogP contribution in [-0.4, -0.2) is 35.9 Å². The Hall–Kier alpha value is -2.11. The summed E-state index contributed by atoms with van der Waals surface area (Å²) in [5.74, 6) is -1.03. The number of nitrogens with one attached hydrogen (secondary N) is 1. The van der Waals surface area contributed by atoms with Gasteiger partial charge in [-0.1, -0.05) is 0 Å². The van der Waals surface area contributed by atoms with E-state index in [1.54, 1.807) is 25.4 Å². The van der Waals surface area contributed by atoms with Gasteiger partial charge in [-0.3, -0.25) is 9.69 Å². The van der Waals surface area contributed by atoms with Gasteiger partial charge in [-0.05, 0) is 13.0 Å². The summed E-state index contributed by atoms with van der Waals surface area (Å²) >= 11 is 0. The van der Waals surface area contributed by atoms with Crippen LogP contribution in [0.3, 0.4) is 0 Å². The molecule has 6 heteroatoms. The highest BCUT2D eigenvalue weighted by atomic mass is 16.5. The van der Waals surface area contributed by atoms with Crippen molar-refractivity contribution in [1.82, 2.24) is 10.2 Å². The predicted molar refractivity (Wildman–Crippen MR) is 56.1 cm³/mol. The van der Waals surface area contributed by atoms with Gasteiger partial charge in [-0.15, -0.1) is 0 Å². The van der Waals surface area contributed by atoms with Crippen LogP contribution in [0.4, 0.5) is 0 Å². The smallest absolute Gasteiger partial charge is 0.345 e. The lowest BCUT2D eigenvalue weighted by atomic mass is 10.2. The van der Waals surface area contributed by atoms with Crippen molar-refractivity contribution in [2.24, 2.45) is 4.99 Å². The van der Waals surface area contributed by atoms with Crippen molar-refractivity contribution in [1.29, 1.82) is 0 Å². The Balaban J connectivity index is 2.20. The fourth-order valence-electron chi connectivity index (χ4n) is 1.43. The van der Waals surface area contributed by atoms with Gasteiger partial charge < -0.3 is 10.1 Å². The first-order valence-corrected chi connectivity index (χ1v) is 4.90. The first-order chi connectivity index (χ1) is 7.74. The molecule has 0 unspecified atom stereocenters. The van der Waals surface area contributed by atoms with Crippen LogP contribution in [0.1, 0.15) is 6.92 Å². The van der Waals surface area contributed by atoms with E-state index < -0.39 is 18.2 Å². The van der Waals surface area contributed by atoms with E-state index in [0.717, 1.165) is 0 Å². The van der Waals surface area contributed by atoms with Gasteiger partial charge in [-0.2, -0.15) is 0 Å². The van der Waals surface area contributed by atoms with Gasteiger partial charge in [0.25, 0.3) is 5.91 Å². The Morgan fingerprint density at radius 3 is 3.25 bits per heavy atom. The molecule has 0 fully saturated rings. The molecule has 84 valence electrons. The Bertz CT molecular complexity index is 412. The molecule has 2 rings (SSSR count). The molecule has 0 aliphatic carbocycles. The van der Waals surface area contributed by atoms with E-state index in [-0.39, 0.29) is 12.2 Å². The third-order valence-electron chi connectivity index (χ3n) is 2.16. The molecule has 2 aliphatic rings. The second kappa shape index (κ2) is 4.18. The molecule has 1 amide bonds. The molecule has 1 atom stereocenters. The summed E-state index contributed by atoms with van der Waals surface area (Å²) in [6.45, 7) is 1.92. The highest BCUT2D eigenvalue weighted by molar-refractivity contribution is 6.17. The second-order valence-corrected chi connectivity index (χ2v) is 3.17. The number of amides is 1. The summed E-state index contributed by atoms with van der Waals surface area (Å²) in [5.41, 5.74) is -0.0140. The van der Waals surface area contributed by atoms with Gasteiger partial charge in [-0.25, -0.2) is 9.79 Å². The zero-order valence-electron chi connectivity index (χ0n) is 8.71. The highest BCUT2D eigenvalue weighted by Crippen LogP contribution is 2.15. The fourth-order valence-corrected chi connectivity index (χ4v) is 1.43. The van der Waals surface area contributed by atoms with E-state index in [1.807, 2.05) is 0 Å². The van der Waals surface area contributed by atoms with E-state index in [4.69, 9.17) is 4.74 Å². The van der Waals surface area contributed by atoms with Crippen molar-refractivity contribution >= 4 is 18.1 Å². The zero-order chi connectivity index (χ0) is 11.5. The number of ether oxygens (including phenoxy) is 1. The van der Waals surface area contributed by atoms with Gasteiger partial charge in [0.15, 0.2) is 0 Å². The lowest BCUT2D eigenvalue weighted by Crippen LogP contribution is -2.49. The molecule has 0 saturated heterocycles. The number of allylic oxidation sites excluding steroid dienone is 1. The second-order valence-electron chi connectivity index (χ2n) is 3.17. The molecular weight excluding hydrogens is 210 g/mol. The van der Waals surface area contributed by atoms with Crippen LogP contribution >= 0.6 is 0 Å². The van der Waals surface area contributed by atoms with Gasteiger partial charge >= 0.3 is 5.97 Å². The van der Waals surface area contributed by atoms with Crippen LogP contribution in [-0.2, 0) is 14.3 Å². The van der Waals surface area contributed by atoms with Gasteiger partial charge in [0.05, 0.1) is 6.61 Å². The minimum atomic E-state index is -0.624. The Labute approximate surface area is 92.3 Å². The lowest BCUT2D eigenvalue weighted by molar-refractivity contribution is -0.142. The quantitative estimate of drug-likeness (QED) is 0.515. The van der Waals surface area contributed by atoms with Crippen LogP contribution in [0, 0.1) is 0 Å². The van der Waals surface area contributed by atoms with E-state index >= 15 is 0 Å². The molecule has 0 aromatic heterocycles. The summed E-state index contributed by atoms with van der Waals surface area (Å²) in [6, 6.07) is 0. The first kappa shape index (κ1) is 10.4. The summed E-state index contributed by atoms with van der Waals surface area (Å²) < 4.78 is 4.77. The lowest BCUT2D eigenvalue weighted by Gasteiger charge is -2.31. The van der Waals surface area contributed by atoms with Crippen molar-refractivity contribution in [3.63, 3.8) is 0 Å². The number of hydrogen-bond acceptors (Lipinski definition) is 5. The molecule has 0 aromatic rings. The largest absolute Gasteiger partial charge is 0.462 e. The summed E-state index contributed by atoms with van der Waals surface area (Å²) in [4.78, 5) is 28.7. The minimum Gasteiger partial charge on any atom is -0.462 e. The fraction of sp³-hybridized carbons (Fsp3) is 0.300. The number of aliphatic imine (C=N–C) groups is 1. The number of hydrogen-bond donors (Lipinski definition) is 1. The maximum Gasteiger partial charge on any atom is 0.345 e. The van der Waals surface area contributed by atoms with Crippen LogP contribution in [0.2, 0.25) is 0 Å². The Kier molecular flexibility index (Phi) is 2.72. The van der Waals surface area contributed by atoms with Crippen LogP contribution in [0.15, 0.2) is 29.0 Å². The maximum atomic E-state index is 11.9. The van der Waals surface area contributed by atoms with E-state index in [9.17, 15) is 9.59 Å². The van der Waals surface area contributed by atoms with Crippen molar-refractivity contribution in [2.75, 3.05) is 6.61 Å². The van der Waals surface area contributed by atoms with Gasteiger partial charge in [0.2, 0.25) is 6.29 Å². The molecule has 0 radical (unpaired) electrons.